The van der Waals surface area contributed by atoms with Gasteiger partial charge in [0.05, 0.1) is 13.2 Å². The smallest absolute Gasteiger partial charge is 0.219 e. The summed E-state index contributed by atoms with van der Waals surface area (Å²) in [6.45, 7) is 2.55. The standard InChI is InChI=1S/C9H17N5OS/c1-15-5-4-14(7-2-3-7)6-8-12-13-9(11-10)16-8/h7H,2-6,10H2,1H3,(H,11,13). The summed E-state index contributed by atoms with van der Waals surface area (Å²) in [6, 6.07) is 0.702. The number of methoxy groups -OCH3 is 1. The molecule has 0 aromatic carbocycles. The molecule has 90 valence electrons. The second-order valence-electron chi connectivity index (χ2n) is 3.84. The van der Waals surface area contributed by atoms with E-state index in [0.717, 1.165) is 24.7 Å². The van der Waals surface area contributed by atoms with Gasteiger partial charge in [0.2, 0.25) is 5.13 Å². The Labute approximate surface area is 98.8 Å². The van der Waals surface area contributed by atoms with Crippen molar-refractivity contribution in [2.45, 2.75) is 25.4 Å². The molecule has 1 saturated carbocycles. The van der Waals surface area contributed by atoms with Crippen molar-refractivity contribution in [3.63, 3.8) is 0 Å². The van der Waals surface area contributed by atoms with Crippen LogP contribution >= 0.6 is 11.3 Å². The van der Waals surface area contributed by atoms with Crippen LogP contribution in [-0.2, 0) is 11.3 Å². The monoisotopic (exact) mass is 243 g/mol. The highest BCUT2D eigenvalue weighted by Gasteiger charge is 2.29. The lowest BCUT2D eigenvalue weighted by Crippen LogP contribution is -2.29. The van der Waals surface area contributed by atoms with Gasteiger partial charge in [-0.15, -0.1) is 10.2 Å². The van der Waals surface area contributed by atoms with E-state index in [1.54, 1.807) is 7.11 Å². The molecule has 3 N–H and O–H groups in total. The van der Waals surface area contributed by atoms with E-state index in [4.69, 9.17) is 10.6 Å². The Morgan fingerprint density at radius 3 is 2.94 bits per heavy atom. The third-order valence-electron chi connectivity index (χ3n) is 2.57. The van der Waals surface area contributed by atoms with Crippen LogP contribution in [0.15, 0.2) is 0 Å². The number of hydrogen-bond donors (Lipinski definition) is 2. The molecule has 1 aliphatic rings. The normalized spacial score (nSPS) is 15.7. The van der Waals surface area contributed by atoms with Gasteiger partial charge < -0.3 is 4.74 Å². The van der Waals surface area contributed by atoms with Crippen molar-refractivity contribution in [2.75, 3.05) is 25.7 Å². The molecule has 0 bridgehead atoms. The van der Waals surface area contributed by atoms with Crippen LogP contribution in [0, 0.1) is 0 Å². The van der Waals surface area contributed by atoms with Crippen LogP contribution in [0.5, 0.6) is 0 Å². The summed E-state index contributed by atoms with van der Waals surface area (Å²) >= 11 is 1.50. The average molecular weight is 243 g/mol. The summed E-state index contributed by atoms with van der Waals surface area (Å²) in [5.41, 5.74) is 2.51. The molecule has 7 heteroatoms. The summed E-state index contributed by atoms with van der Waals surface area (Å²) in [6.07, 6.45) is 2.56. The SMILES string of the molecule is COCCN(Cc1nnc(NN)s1)C1CC1. The topological polar surface area (TPSA) is 76.3 Å². The van der Waals surface area contributed by atoms with E-state index < -0.39 is 0 Å². The van der Waals surface area contributed by atoms with E-state index >= 15 is 0 Å². The Kier molecular flexibility index (Phi) is 4.05. The van der Waals surface area contributed by atoms with Crippen molar-refractivity contribution in [3.8, 4) is 0 Å². The lowest BCUT2D eigenvalue weighted by Gasteiger charge is -2.19. The van der Waals surface area contributed by atoms with Crippen molar-refractivity contribution >= 4 is 16.5 Å². The number of ether oxygens (including phenoxy) is 1. The van der Waals surface area contributed by atoms with E-state index in [1.807, 2.05) is 0 Å². The maximum Gasteiger partial charge on any atom is 0.219 e. The molecule has 1 heterocycles. The Bertz CT molecular complexity index is 327. The van der Waals surface area contributed by atoms with Crippen molar-refractivity contribution in [2.24, 2.45) is 5.84 Å². The zero-order valence-electron chi connectivity index (χ0n) is 9.35. The van der Waals surface area contributed by atoms with Crippen molar-refractivity contribution < 1.29 is 4.74 Å². The Balaban J connectivity index is 1.88. The van der Waals surface area contributed by atoms with Gasteiger partial charge in [0.15, 0.2) is 0 Å². The predicted molar refractivity (Wildman–Crippen MR) is 63.0 cm³/mol. The lowest BCUT2D eigenvalue weighted by molar-refractivity contribution is 0.139. The van der Waals surface area contributed by atoms with Crippen LogP contribution in [0.1, 0.15) is 17.8 Å². The minimum absolute atomic E-state index is 0.664. The highest BCUT2D eigenvalue weighted by atomic mass is 32.1. The Hall–Kier alpha value is -0.760. The molecule has 1 aromatic rings. The average Bonchev–Trinajstić information content (AvgIpc) is 3.05. The Morgan fingerprint density at radius 1 is 1.56 bits per heavy atom. The minimum atomic E-state index is 0.664. The van der Waals surface area contributed by atoms with E-state index in [9.17, 15) is 0 Å². The third kappa shape index (κ3) is 3.11. The third-order valence-corrected chi connectivity index (χ3v) is 3.41. The highest BCUT2D eigenvalue weighted by Crippen LogP contribution is 2.28. The van der Waals surface area contributed by atoms with Gasteiger partial charge in [-0.1, -0.05) is 11.3 Å². The zero-order chi connectivity index (χ0) is 11.4. The fourth-order valence-corrected chi connectivity index (χ4v) is 2.26. The van der Waals surface area contributed by atoms with Crippen LogP contribution < -0.4 is 11.3 Å². The number of aromatic nitrogens is 2. The molecule has 1 fully saturated rings. The molecule has 2 rings (SSSR count). The fraction of sp³-hybridized carbons (Fsp3) is 0.778. The number of nitrogen functional groups attached to an aromatic ring is 1. The molecule has 0 radical (unpaired) electrons. The summed E-state index contributed by atoms with van der Waals surface area (Å²) in [4.78, 5) is 2.39. The maximum atomic E-state index is 5.27. The maximum absolute atomic E-state index is 5.27. The molecule has 0 atom stereocenters. The number of nitrogens with two attached hydrogens (primary N) is 1. The van der Waals surface area contributed by atoms with Gasteiger partial charge in [-0.05, 0) is 12.8 Å². The fourth-order valence-electron chi connectivity index (χ4n) is 1.59. The number of nitrogens with zero attached hydrogens (tertiary/aromatic N) is 3. The van der Waals surface area contributed by atoms with Crippen LogP contribution in [0.4, 0.5) is 5.13 Å². The van der Waals surface area contributed by atoms with Crippen LogP contribution in [0.3, 0.4) is 0 Å². The van der Waals surface area contributed by atoms with Crippen molar-refractivity contribution in [3.05, 3.63) is 5.01 Å². The highest BCUT2D eigenvalue weighted by molar-refractivity contribution is 7.15. The van der Waals surface area contributed by atoms with E-state index in [1.165, 1.54) is 24.2 Å². The van der Waals surface area contributed by atoms with Crippen LogP contribution in [-0.4, -0.2) is 41.4 Å². The first-order chi connectivity index (χ1) is 7.83. The molecule has 0 aliphatic heterocycles. The molecule has 0 saturated heterocycles. The molecule has 16 heavy (non-hydrogen) atoms. The van der Waals surface area contributed by atoms with Crippen molar-refractivity contribution in [1.82, 2.24) is 15.1 Å². The first kappa shape index (κ1) is 11.7. The minimum Gasteiger partial charge on any atom is -0.383 e. The molecular formula is C9H17N5OS. The lowest BCUT2D eigenvalue weighted by atomic mass is 10.4. The van der Waals surface area contributed by atoms with Crippen LogP contribution in [0.2, 0.25) is 0 Å². The number of rotatable bonds is 7. The van der Waals surface area contributed by atoms with E-state index in [0.29, 0.717) is 11.2 Å². The Morgan fingerprint density at radius 2 is 2.38 bits per heavy atom. The molecule has 0 unspecified atom stereocenters. The van der Waals surface area contributed by atoms with Gasteiger partial charge in [0.25, 0.3) is 0 Å². The molecular weight excluding hydrogens is 226 g/mol. The van der Waals surface area contributed by atoms with Gasteiger partial charge in [0, 0.05) is 19.7 Å². The van der Waals surface area contributed by atoms with Gasteiger partial charge >= 0.3 is 0 Å². The number of anilines is 1. The van der Waals surface area contributed by atoms with Crippen LogP contribution in [0.25, 0.3) is 0 Å². The van der Waals surface area contributed by atoms with Gasteiger partial charge in [-0.2, -0.15) is 0 Å². The number of hydrazine groups is 1. The largest absolute Gasteiger partial charge is 0.383 e. The number of hydrogen-bond acceptors (Lipinski definition) is 7. The second-order valence-corrected chi connectivity index (χ2v) is 4.90. The quantitative estimate of drug-likeness (QED) is 0.534. The molecule has 0 amide bonds. The molecule has 1 aromatic heterocycles. The van der Waals surface area contributed by atoms with E-state index in [-0.39, 0.29) is 0 Å². The first-order valence-corrected chi connectivity index (χ1v) is 6.17. The summed E-state index contributed by atoms with van der Waals surface area (Å²) in [5, 5.41) is 9.67. The summed E-state index contributed by atoms with van der Waals surface area (Å²) in [7, 11) is 1.73. The number of nitrogens with one attached hydrogen (secondary N) is 1. The second kappa shape index (κ2) is 5.53. The molecule has 1 aliphatic carbocycles. The summed E-state index contributed by atoms with van der Waals surface area (Å²) < 4.78 is 5.11. The van der Waals surface area contributed by atoms with Gasteiger partial charge in [0.1, 0.15) is 5.01 Å². The first-order valence-electron chi connectivity index (χ1n) is 5.35. The van der Waals surface area contributed by atoms with E-state index in [2.05, 4.69) is 20.5 Å². The molecule has 6 nitrogen and oxygen atoms in total. The molecule has 0 spiro atoms. The van der Waals surface area contributed by atoms with Gasteiger partial charge in [-0.3, -0.25) is 10.3 Å². The summed E-state index contributed by atoms with van der Waals surface area (Å²) in [5.74, 6) is 5.27. The van der Waals surface area contributed by atoms with Crippen molar-refractivity contribution in [1.29, 1.82) is 0 Å². The predicted octanol–water partition coefficient (Wildman–Crippen LogP) is 0.434. The zero-order valence-corrected chi connectivity index (χ0v) is 10.2. The van der Waals surface area contributed by atoms with Gasteiger partial charge in [-0.25, -0.2) is 5.84 Å².